The van der Waals surface area contributed by atoms with Crippen LogP contribution in [0.4, 0.5) is 0 Å². The number of carbonyl (C=O) groups excluding carboxylic acids is 1. The first-order valence-corrected chi connectivity index (χ1v) is 13.6. The van der Waals surface area contributed by atoms with E-state index in [0.29, 0.717) is 13.2 Å². The molecule has 1 aromatic rings. The largest absolute Gasteiger partial charge is 0.462 e. The second-order valence-corrected chi connectivity index (χ2v) is 12.0. The minimum atomic E-state index is 0.0135. The van der Waals surface area contributed by atoms with E-state index in [1.54, 1.807) is 5.57 Å². The van der Waals surface area contributed by atoms with Crippen LogP contribution in [0.3, 0.4) is 0 Å². The molecule has 4 heteroatoms. The van der Waals surface area contributed by atoms with Gasteiger partial charge in [-0.15, -0.1) is 0 Å². The number of fused-ring (bicyclic) bond motifs is 5. The molecule has 34 heavy (non-hydrogen) atoms. The molecule has 2 heterocycles. The minimum Gasteiger partial charge on any atom is -0.462 e. The van der Waals surface area contributed by atoms with Gasteiger partial charge in [-0.05, 0) is 97.2 Å². The third-order valence-corrected chi connectivity index (χ3v) is 10.4. The van der Waals surface area contributed by atoms with Gasteiger partial charge in [0.1, 0.15) is 6.10 Å². The van der Waals surface area contributed by atoms with Gasteiger partial charge in [0.25, 0.3) is 0 Å². The van der Waals surface area contributed by atoms with Crippen molar-refractivity contribution in [2.75, 3.05) is 13.2 Å². The van der Waals surface area contributed by atoms with Gasteiger partial charge < -0.3 is 9.47 Å². The monoisotopic (exact) mass is 461 g/mol. The van der Waals surface area contributed by atoms with Crippen molar-refractivity contribution in [2.24, 2.45) is 34.5 Å². The normalized spacial score (nSPS) is 39.8. The number of esters is 1. The molecule has 1 saturated heterocycles. The van der Waals surface area contributed by atoms with Crippen molar-refractivity contribution in [3.8, 4) is 0 Å². The van der Waals surface area contributed by atoms with Crippen molar-refractivity contribution >= 4 is 11.5 Å². The smallest absolute Gasteiger partial charge is 0.309 e. The molecule has 0 aromatic carbocycles. The molecule has 0 spiro atoms. The van der Waals surface area contributed by atoms with Gasteiger partial charge in [0, 0.05) is 32.0 Å². The first-order chi connectivity index (χ1) is 16.5. The highest BCUT2D eigenvalue weighted by Crippen LogP contribution is 2.66. The summed E-state index contributed by atoms with van der Waals surface area (Å²) in [6.45, 7) is 6.43. The molecule has 5 aliphatic rings. The molecule has 2 saturated carbocycles. The van der Waals surface area contributed by atoms with Crippen molar-refractivity contribution in [1.29, 1.82) is 0 Å². The van der Waals surface area contributed by atoms with E-state index < -0.39 is 0 Å². The fourth-order valence-electron chi connectivity index (χ4n) is 8.46. The van der Waals surface area contributed by atoms with Gasteiger partial charge in [0.15, 0.2) is 0 Å². The molecule has 3 unspecified atom stereocenters. The maximum atomic E-state index is 12.7. The summed E-state index contributed by atoms with van der Waals surface area (Å²) in [5, 5.41) is 0. The van der Waals surface area contributed by atoms with E-state index in [-0.39, 0.29) is 28.8 Å². The highest BCUT2D eigenvalue weighted by molar-refractivity contribution is 5.73. The first kappa shape index (κ1) is 22.5. The van der Waals surface area contributed by atoms with Gasteiger partial charge in [-0.25, -0.2) is 0 Å². The zero-order valence-electron chi connectivity index (χ0n) is 20.8. The summed E-state index contributed by atoms with van der Waals surface area (Å²) in [5.41, 5.74) is 4.96. The predicted molar refractivity (Wildman–Crippen MR) is 133 cm³/mol. The van der Waals surface area contributed by atoms with E-state index in [2.05, 4.69) is 49.3 Å². The Morgan fingerprint density at radius 2 is 1.85 bits per heavy atom. The van der Waals surface area contributed by atoms with Gasteiger partial charge in [0.05, 0.1) is 5.92 Å². The van der Waals surface area contributed by atoms with Gasteiger partial charge in [0.2, 0.25) is 0 Å². The predicted octanol–water partition coefficient (Wildman–Crippen LogP) is 6.38. The molecule has 0 bridgehead atoms. The number of rotatable bonds is 3. The van der Waals surface area contributed by atoms with Gasteiger partial charge in [-0.1, -0.05) is 37.6 Å². The fourth-order valence-corrected chi connectivity index (χ4v) is 8.46. The van der Waals surface area contributed by atoms with E-state index in [0.717, 1.165) is 49.9 Å². The average molecular weight is 462 g/mol. The number of allylic oxidation sites excluding steroid dienone is 3. The molecule has 3 fully saturated rings. The van der Waals surface area contributed by atoms with Gasteiger partial charge >= 0.3 is 5.97 Å². The molecule has 1 aliphatic heterocycles. The molecule has 4 aliphatic carbocycles. The minimum absolute atomic E-state index is 0.0135. The Hall–Kier alpha value is -1.94. The number of pyridine rings is 1. The summed E-state index contributed by atoms with van der Waals surface area (Å²) in [6.07, 6.45) is 18.7. The summed E-state index contributed by atoms with van der Waals surface area (Å²) in [5.74, 6) is 2.27. The summed E-state index contributed by atoms with van der Waals surface area (Å²) in [6, 6.07) is 4.31. The Kier molecular flexibility index (Phi) is 5.71. The third-order valence-electron chi connectivity index (χ3n) is 10.4. The number of hydrogen-bond acceptors (Lipinski definition) is 4. The molecule has 1 aromatic heterocycles. The Bertz CT molecular complexity index is 994. The van der Waals surface area contributed by atoms with E-state index in [9.17, 15) is 4.79 Å². The molecular weight excluding hydrogens is 422 g/mol. The van der Waals surface area contributed by atoms with Crippen molar-refractivity contribution in [1.82, 2.24) is 4.98 Å². The van der Waals surface area contributed by atoms with Crippen molar-refractivity contribution in [3.05, 3.63) is 47.8 Å². The second-order valence-electron chi connectivity index (χ2n) is 12.0. The lowest BCUT2D eigenvalue weighted by atomic mass is 9.47. The molecule has 0 radical (unpaired) electrons. The molecule has 0 amide bonds. The van der Waals surface area contributed by atoms with Crippen LogP contribution >= 0.6 is 0 Å². The van der Waals surface area contributed by atoms with E-state index in [4.69, 9.17) is 9.47 Å². The van der Waals surface area contributed by atoms with Gasteiger partial charge in [-0.3, -0.25) is 9.78 Å². The lowest BCUT2D eigenvalue weighted by Crippen LogP contribution is -2.50. The number of nitrogens with zero attached hydrogens (tertiary/aromatic N) is 1. The quantitative estimate of drug-likeness (QED) is 0.387. The fraction of sp³-hybridized carbons (Fsp3) is 0.667. The molecular formula is C30H39NO3. The Labute approximate surface area is 204 Å². The Morgan fingerprint density at radius 3 is 2.65 bits per heavy atom. The third kappa shape index (κ3) is 3.59. The highest BCUT2D eigenvalue weighted by Gasteiger charge is 2.57. The van der Waals surface area contributed by atoms with Crippen LogP contribution in [0.2, 0.25) is 0 Å². The standard InChI is InChI=1S/C30H39NO3/c1-29-13-9-23(34-28(32)20-11-16-33-17-12-20)18-22(29)5-6-24-26-8-7-25(21-4-3-15-31-19-21)30(26,2)14-10-27(24)29/h3-5,7,15,19-20,23-24,26-27H,6,8-14,16-18H2,1-2H3/t23-,24?,26?,27?,29-,30+/m0/s1. The maximum Gasteiger partial charge on any atom is 0.309 e. The summed E-state index contributed by atoms with van der Waals surface area (Å²) in [7, 11) is 0. The number of ether oxygens (including phenoxy) is 2. The zero-order valence-corrected chi connectivity index (χ0v) is 20.8. The van der Waals surface area contributed by atoms with Crippen LogP contribution in [-0.4, -0.2) is 30.3 Å². The summed E-state index contributed by atoms with van der Waals surface area (Å²) in [4.78, 5) is 17.1. The lowest BCUT2D eigenvalue weighted by molar-refractivity contribution is -0.159. The maximum absolute atomic E-state index is 12.7. The summed E-state index contributed by atoms with van der Waals surface area (Å²) >= 11 is 0. The van der Waals surface area contributed by atoms with Crippen LogP contribution in [0.25, 0.3) is 5.57 Å². The number of carbonyl (C=O) groups is 1. The van der Waals surface area contributed by atoms with Crippen LogP contribution in [0.1, 0.15) is 77.2 Å². The van der Waals surface area contributed by atoms with Gasteiger partial charge in [-0.2, -0.15) is 0 Å². The van der Waals surface area contributed by atoms with Crippen LogP contribution < -0.4 is 0 Å². The van der Waals surface area contributed by atoms with E-state index >= 15 is 0 Å². The van der Waals surface area contributed by atoms with E-state index in [1.165, 1.54) is 36.8 Å². The van der Waals surface area contributed by atoms with E-state index in [1.807, 2.05) is 6.20 Å². The summed E-state index contributed by atoms with van der Waals surface area (Å²) < 4.78 is 11.5. The molecule has 0 N–H and O–H groups in total. The highest BCUT2D eigenvalue weighted by atomic mass is 16.5. The van der Waals surface area contributed by atoms with Crippen LogP contribution in [0.15, 0.2) is 42.3 Å². The number of aromatic nitrogens is 1. The van der Waals surface area contributed by atoms with Crippen LogP contribution in [0.5, 0.6) is 0 Å². The molecule has 6 rings (SSSR count). The van der Waals surface area contributed by atoms with Crippen molar-refractivity contribution < 1.29 is 14.3 Å². The number of hydrogen-bond donors (Lipinski definition) is 0. The molecule has 6 atom stereocenters. The van der Waals surface area contributed by atoms with Crippen LogP contribution in [-0.2, 0) is 14.3 Å². The zero-order chi connectivity index (χ0) is 23.3. The first-order valence-electron chi connectivity index (χ1n) is 13.6. The SMILES string of the molecule is C[C@]12CC[C@H](OC(=O)C3CCOCC3)CC1=CCC1C2CC[C@]2(C)C(c3cccnc3)=CCC12. The Morgan fingerprint density at radius 1 is 1.03 bits per heavy atom. The second kappa shape index (κ2) is 8.62. The molecule has 4 nitrogen and oxygen atoms in total. The molecule has 182 valence electrons. The average Bonchev–Trinajstić information content (AvgIpc) is 3.22. The Balaban J connectivity index is 1.17. The lowest BCUT2D eigenvalue weighted by Gasteiger charge is -2.58. The van der Waals surface area contributed by atoms with Crippen molar-refractivity contribution in [2.45, 2.75) is 77.7 Å². The van der Waals surface area contributed by atoms with Crippen molar-refractivity contribution in [3.63, 3.8) is 0 Å². The topological polar surface area (TPSA) is 48.4 Å². The van der Waals surface area contributed by atoms with Crippen LogP contribution in [0, 0.1) is 34.5 Å².